The second kappa shape index (κ2) is 9.64. The topological polar surface area (TPSA) is 53.9 Å². The van der Waals surface area contributed by atoms with Crippen LogP contribution in [0, 0.1) is 5.82 Å². The fourth-order valence-corrected chi connectivity index (χ4v) is 4.14. The van der Waals surface area contributed by atoms with Crippen LogP contribution in [0.3, 0.4) is 0 Å². The number of hydrogen-bond donors (Lipinski definition) is 1. The number of hydrogen-bond acceptors (Lipinski definition) is 4. The normalized spacial score (nSPS) is 14.9. The zero-order valence-corrected chi connectivity index (χ0v) is 19.8. The monoisotopic (exact) mass is 487 g/mol. The molecule has 0 aliphatic carbocycles. The van der Waals surface area contributed by atoms with Crippen molar-refractivity contribution in [3.63, 3.8) is 0 Å². The zero-order chi connectivity index (χ0) is 22.6. The lowest BCUT2D eigenvalue weighted by Gasteiger charge is -2.43. The average Bonchev–Trinajstić information content (AvgIpc) is 2.70. The van der Waals surface area contributed by atoms with Crippen LogP contribution in [0.5, 0.6) is 5.75 Å². The van der Waals surface area contributed by atoms with Gasteiger partial charge in [0.2, 0.25) is 0 Å². The molecular formula is C24H27BrFN3O2. The lowest BCUT2D eigenvalue weighted by atomic mass is 9.88. The summed E-state index contributed by atoms with van der Waals surface area (Å²) in [5, 5.41) is 3.90. The number of ether oxygens (including phenoxy) is 1. The molecule has 0 bridgehead atoms. The molecule has 2 aromatic rings. The first-order valence-electron chi connectivity index (χ1n) is 10.2. The number of amides is 1. The van der Waals surface area contributed by atoms with E-state index in [2.05, 4.69) is 58.2 Å². The van der Waals surface area contributed by atoms with Gasteiger partial charge in [-0.05, 0) is 63.1 Å². The van der Waals surface area contributed by atoms with E-state index in [0.29, 0.717) is 11.3 Å². The molecule has 5 nitrogen and oxygen atoms in total. The number of carbonyl (C=O) groups excluding carboxylic acids is 1. The van der Waals surface area contributed by atoms with Crippen molar-refractivity contribution in [2.75, 3.05) is 18.1 Å². The molecule has 1 N–H and O–H groups in total. The van der Waals surface area contributed by atoms with Gasteiger partial charge in [-0.3, -0.25) is 4.79 Å². The Morgan fingerprint density at radius 2 is 2.10 bits per heavy atom. The summed E-state index contributed by atoms with van der Waals surface area (Å²) in [4.78, 5) is 14.2. The number of rotatable bonds is 7. The van der Waals surface area contributed by atoms with Gasteiger partial charge in [0, 0.05) is 27.8 Å². The summed E-state index contributed by atoms with van der Waals surface area (Å²) >= 11 is 3.35. The molecule has 1 aliphatic rings. The highest BCUT2D eigenvalue weighted by atomic mass is 79.9. The molecule has 2 aromatic carbocycles. The molecule has 1 aliphatic heterocycles. The molecule has 164 valence electrons. The van der Waals surface area contributed by atoms with Gasteiger partial charge in [-0.2, -0.15) is 5.10 Å². The SMILES string of the molecule is CCCN1c2cc(F)c(/C=N/NC(=O)COc3cccc(Br)c3)cc2C(C)=CC1(C)C. The van der Waals surface area contributed by atoms with Crippen molar-refractivity contribution in [3.05, 3.63) is 63.9 Å². The highest BCUT2D eigenvalue weighted by molar-refractivity contribution is 9.10. The van der Waals surface area contributed by atoms with E-state index in [-0.39, 0.29) is 18.0 Å². The minimum Gasteiger partial charge on any atom is -0.484 e. The minimum absolute atomic E-state index is 0.183. The molecule has 0 unspecified atom stereocenters. The van der Waals surface area contributed by atoms with Gasteiger partial charge in [-0.1, -0.05) is 35.0 Å². The van der Waals surface area contributed by atoms with Crippen LogP contribution >= 0.6 is 15.9 Å². The molecule has 31 heavy (non-hydrogen) atoms. The molecule has 0 fully saturated rings. The molecular weight excluding hydrogens is 461 g/mol. The van der Waals surface area contributed by atoms with E-state index in [1.807, 2.05) is 19.1 Å². The van der Waals surface area contributed by atoms with Gasteiger partial charge in [0.05, 0.1) is 11.8 Å². The van der Waals surface area contributed by atoms with Crippen LogP contribution in [0.1, 0.15) is 45.2 Å². The lowest BCUT2D eigenvalue weighted by molar-refractivity contribution is -0.123. The predicted octanol–water partition coefficient (Wildman–Crippen LogP) is 5.53. The number of nitrogens with zero attached hydrogens (tertiary/aromatic N) is 2. The van der Waals surface area contributed by atoms with E-state index in [0.717, 1.165) is 34.3 Å². The van der Waals surface area contributed by atoms with E-state index in [1.165, 1.54) is 6.21 Å². The van der Waals surface area contributed by atoms with Crippen LogP contribution in [0.15, 0.2) is 52.0 Å². The summed E-state index contributed by atoms with van der Waals surface area (Å²) in [6, 6.07) is 10.5. The molecule has 0 spiro atoms. The summed E-state index contributed by atoms with van der Waals surface area (Å²) < 4.78 is 21.1. The maximum atomic E-state index is 14.8. The zero-order valence-electron chi connectivity index (χ0n) is 18.2. The van der Waals surface area contributed by atoms with Crippen LogP contribution in [-0.4, -0.2) is 30.8 Å². The molecule has 1 amide bonds. The van der Waals surface area contributed by atoms with Crippen molar-refractivity contribution in [3.8, 4) is 5.75 Å². The number of halogens is 2. The maximum absolute atomic E-state index is 14.8. The number of fused-ring (bicyclic) bond motifs is 1. The standard InChI is InChI=1S/C24H27BrFN3O2/c1-5-9-29-22-12-21(26)17(10-20(22)16(2)13-24(29,3)4)14-27-28-23(30)15-31-19-8-6-7-18(25)11-19/h6-8,10-14H,5,9,15H2,1-4H3,(H,28,30)/b27-14+. The predicted molar refractivity (Wildman–Crippen MR) is 127 cm³/mol. The van der Waals surface area contributed by atoms with E-state index in [4.69, 9.17) is 4.74 Å². The Kier molecular flexibility index (Phi) is 7.15. The second-order valence-corrected chi connectivity index (χ2v) is 8.98. The number of allylic oxidation sites excluding steroid dienone is 1. The molecule has 0 atom stereocenters. The third-order valence-electron chi connectivity index (χ3n) is 5.10. The second-order valence-electron chi connectivity index (χ2n) is 8.06. The van der Waals surface area contributed by atoms with Gasteiger partial charge < -0.3 is 9.64 Å². The van der Waals surface area contributed by atoms with Crippen LogP contribution < -0.4 is 15.1 Å². The quantitative estimate of drug-likeness (QED) is 0.412. The minimum atomic E-state index is -0.429. The number of anilines is 1. The molecule has 1 heterocycles. The first-order valence-corrected chi connectivity index (χ1v) is 11.0. The van der Waals surface area contributed by atoms with Crippen LogP contribution in [0.25, 0.3) is 5.57 Å². The van der Waals surface area contributed by atoms with Crippen molar-refractivity contribution >= 4 is 39.3 Å². The molecule has 0 saturated heterocycles. The fraction of sp³-hybridized carbons (Fsp3) is 0.333. The number of carbonyl (C=O) groups is 1. The fourth-order valence-electron chi connectivity index (χ4n) is 3.76. The Balaban J connectivity index is 1.70. The Morgan fingerprint density at radius 1 is 1.32 bits per heavy atom. The van der Waals surface area contributed by atoms with Gasteiger partial charge in [0.25, 0.3) is 5.91 Å². The third kappa shape index (κ3) is 5.53. The largest absolute Gasteiger partial charge is 0.484 e. The first-order chi connectivity index (χ1) is 14.7. The van der Waals surface area contributed by atoms with Crippen LogP contribution in [-0.2, 0) is 4.79 Å². The average molecular weight is 488 g/mol. The highest BCUT2D eigenvalue weighted by Crippen LogP contribution is 2.39. The van der Waals surface area contributed by atoms with Crippen molar-refractivity contribution in [2.24, 2.45) is 5.10 Å². The first kappa shape index (κ1) is 23.0. The lowest BCUT2D eigenvalue weighted by Crippen LogP contribution is -2.45. The van der Waals surface area contributed by atoms with Gasteiger partial charge in [-0.25, -0.2) is 9.82 Å². The molecule has 7 heteroatoms. The van der Waals surface area contributed by atoms with E-state index in [9.17, 15) is 9.18 Å². The Morgan fingerprint density at radius 3 is 2.81 bits per heavy atom. The molecule has 0 saturated carbocycles. The molecule has 0 aromatic heterocycles. The van der Waals surface area contributed by atoms with Gasteiger partial charge in [-0.15, -0.1) is 0 Å². The summed E-state index contributed by atoms with van der Waals surface area (Å²) in [5.74, 6) is -0.244. The Labute approximate surface area is 191 Å². The van der Waals surface area contributed by atoms with Gasteiger partial charge in [0.15, 0.2) is 6.61 Å². The van der Waals surface area contributed by atoms with E-state index < -0.39 is 5.91 Å². The van der Waals surface area contributed by atoms with Crippen molar-refractivity contribution in [1.82, 2.24) is 5.43 Å². The van der Waals surface area contributed by atoms with Crippen LogP contribution in [0.4, 0.5) is 10.1 Å². The Hall–Kier alpha value is -2.67. The Bertz CT molecular complexity index is 1030. The van der Waals surface area contributed by atoms with Crippen molar-refractivity contribution < 1.29 is 13.9 Å². The number of benzene rings is 2. The maximum Gasteiger partial charge on any atom is 0.277 e. The van der Waals surface area contributed by atoms with Crippen molar-refractivity contribution in [2.45, 2.75) is 39.7 Å². The summed E-state index contributed by atoms with van der Waals surface area (Å²) in [6.07, 6.45) is 4.49. The molecule has 0 radical (unpaired) electrons. The molecule has 3 rings (SSSR count). The number of nitrogens with one attached hydrogen (secondary N) is 1. The number of hydrazone groups is 1. The summed E-state index contributed by atoms with van der Waals surface area (Å²) in [6.45, 7) is 9.06. The summed E-state index contributed by atoms with van der Waals surface area (Å²) in [7, 11) is 0. The van der Waals surface area contributed by atoms with E-state index in [1.54, 1.807) is 24.3 Å². The van der Waals surface area contributed by atoms with Gasteiger partial charge in [0.1, 0.15) is 11.6 Å². The third-order valence-corrected chi connectivity index (χ3v) is 5.60. The van der Waals surface area contributed by atoms with E-state index >= 15 is 0 Å². The van der Waals surface area contributed by atoms with Gasteiger partial charge >= 0.3 is 0 Å². The smallest absolute Gasteiger partial charge is 0.277 e. The van der Waals surface area contributed by atoms with Crippen molar-refractivity contribution in [1.29, 1.82) is 0 Å². The highest BCUT2D eigenvalue weighted by Gasteiger charge is 2.31. The summed E-state index contributed by atoms with van der Waals surface area (Å²) in [5.41, 5.74) is 5.46. The van der Waals surface area contributed by atoms with Crippen LogP contribution in [0.2, 0.25) is 0 Å².